The number of carbonyl (C=O) groups is 1. The summed E-state index contributed by atoms with van der Waals surface area (Å²) in [6, 6.07) is 27.1. The molecule has 0 radical (unpaired) electrons. The number of rotatable bonds is 7. The molecule has 27 heavy (non-hydrogen) atoms. The zero-order valence-corrected chi connectivity index (χ0v) is 16.8. The summed E-state index contributed by atoms with van der Waals surface area (Å²) >= 11 is 3.45. The quantitative estimate of drug-likeness (QED) is 0.556. The van der Waals surface area contributed by atoms with E-state index in [1.54, 1.807) is 0 Å². The van der Waals surface area contributed by atoms with Crippen molar-refractivity contribution >= 4 is 27.6 Å². The summed E-state index contributed by atoms with van der Waals surface area (Å²) in [6.07, 6.45) is 0.461. The molecule has 0 aliphatic rings. The molecule has 0 spiro atoms. The van der Waals surface area contributed by atoms with Crippen molar-refractivity contribution in [3.05, 3.63) is 101 Å². The molecule has 3 nitrogen and oxygen atoms in total. The van der Waals surface area contributed by atoms with E-state index in [0.29, 0.717) is 13.0 Å². The average Bonchev–Trinajstić information content (AvgIpc) is 2.70. The molecular weight excluding hydrogens is 402 g/mol. The number of hydrogen-bond acceptors (Lipinski definition) is 2. The second-order valence-corrected chi connectivity index (χ2v) is 7.51. The van der Waals surface area contributed by atoms with Crippen molar-refractivity contribution < 1.29 is 9.90 Å². The molecule has 0 heterocycles. The highest BCUT2D eigenvalue weighted by molar-refractivity contribution is 9.10. The smallest absolute Gasteiger partial charge is 0.318 e. The number of carboxylic acid groups (broad SMARTS) is 1. The van der Waals surface area contributed by atoms with Crippen molar-refractivity contribution in [2.24, 2.45) is 0 Å². The molecule has 3 aromatic rings. The Morgan fingerprint density at radius 1 is 0.889 bits per heavy atom. The highest BCUT2D eigenvalue weighted by atomic mass is 79.9. The Labute approximate surface area is 168 Å². The van der Waals surface area contributed by atoms with Gasteiger partial charge in [0.15, 0.2) is 0 Å². The molecule has 0 saturated heterocycles. The third-order valence-corrected chi connectivity index (χ3v) is 5.52. The zero-order valence-electron chi connectivity index (χ0n) is 15.2. The van der Waals surface area contributed by atoms with Crippen molar-refractivity contribution in [1.82, 2.24) is 0 Å². The van der Waals surface area contributed by atoms with Crippen LogP contribution >= 0.6 is 15.9 Å². The molecule has 0 aromatic heterocycles. The first kappa shape index (κ1) is 19.2. The van der Waals surface area contributed by atoms with E-state index in [9.17, 15) is 9.90 Å². The molecule has 0 bridgehead atoms. The third-order valence-electron chi connectivity index (χ3n) is 4.99. The van der Waals surface area contributed by atoms with Crippen LogP contribution in [0.5, 0.6) is 0 Å². The summed E-state index contributed by atoms with van der Waals surface area (Å²) < 4.78 is 1.02. The third kappa shape index (κ3) is 4.06. The molecule has 0 atom stereocenters. The van der Waals surface area contributed by atoms with Gasteiger partial charge in [-0.1, -0.05) is 76.6 Å². The Balaban J connectivity index is 1.97. The van der Waals surface area contributed by atoms with Crippen molar-refractivity contribution in [2.75, 3.05) is 18.5 Å². The van der Waals surface area contributed by atoms with Gasteiger partial charge in [0.25, 0.3) is 0 Å². The maximum Gasteiger partial charge on any atom is 0.318 e. The van der Waals surface area contributed by atoms with Gasteiger partial charge in [-0.3, -0.25) is 4.79 Å². The van der Waals surface area contributed by atoms with Crippen LogP contribution in [0.25, 0.3) is 0 Å². The van der Waals surface area contributed by atoms with Crippen LogP contribution in [0.1, 0.15) is 17.5 Å². The summed E-state index contributed by atoms with van der Waals surface area (Å²) in [5.74, 6) is -0.830. The van der Waals surface area contributed by atoms with Crippen molar-refractivity contribution in [3.63, 3.8) is 0 Å². The molecular formula is C23H22BrNO2. The van der Waals surface area contributed by atoms with Crippen LogP contribution in [0.15, 0.2) is 89.4 Å². The van der Waals surface area contributed by atoms with Crippen LogP contribution in [0.4, 0.5) is 5.69 Å². The molecule has 138 valence electrons. The van der Waals surface area contributed by atoms with Gasteiger partial charge in [-0.2, -0.15) is 0 Å². The number of nitrogens with zero attached hydrogens (tertiary/aromatic N) is 1. The second-order valence-electron chi connectivity index (χ2n) is 6.59. The van der Waals surface area contributed by atoms with Gasteiger partial charge in [0.1, 0.15) is 5.41 Å². The van der Waals surface area contributed by atoms with E-state index >= 15 is 0 Å². The van der Waals surface area contributed by atoms with Crippen LogP contribution in [-0.4, -0.2) is 24.7 Å². The Kier molecular flexibility index (Phi) is 5.97. The largest absolute Gasteiger partial charge is 0.480 e. The van der Waals surface area contributed by atoms with Gasteiger partial charge in [0.05, 0.1) is 0 Å². The Morgan fingerprint density at radius 3 is 1.81 bits per heavy atom. The van der Waals surface area contributed by atoms with Gasteiger partial charge in [-0.25, -0.2) is 0 Å². The summed E-state index contributed by atoms with van der Waals surface area (Å²) in [5, 5.41) is 10.3. The lowest BCUT2D eigenvalue weighted by Crippen LogP contribution is -2.40. The molecule has 0 amide bonds. The molecule has 4 heteroatoms. The Bertz CT molecular complexity index is 840. The molecule has 3 rings (SSSR count). The van der Waals surface area contributed by atoms with Crippen LogP contribution in [0.3, 0.4) is 0 Å². The molecule has 1 N–H and O–H groups in total. The van der Waals surface area contributed by atoms with Gasteiger partial charge in [0, 0.05) is 23.8 Å². The minimum atomic E-state index is -1.09. The van der Waals surface area contributed by atoms with Gasteiger partial charge >= 0.3 is 5.97 Å². The first-order valence-corrected chi connectivity index (χ1v) is 9.64. The first-order valence-electron chi connectivity index (χ1n) is 8.85. The van der Waals surface area contributed by atoms with E-state index in [-0.39, 0.29) is 0 Å². The number of halogens is 1. The fourth-order valence-electron chi connectivity index (χ4n) is 3.41. The van der Waals surface area contributed by atoms with Gasteiger partial charge in [0.2, 0.25) is 0 Å². The number of benzene rings is 3. The first-order chi connectivity index (χ1) is 13.0. The summed E-state index contributed by atoms with van der Waals surface area (Å²) in [4.78, 5) is 14.7. The lowest BCUT2D eigenvalue weighted by molar-refractivity contribution is -0.142. The maximum absolute atomic E-state index is 12.6. The minimum absolute atomic E-state index is 0.461. The fraction of sp³-hybridized carbons (Fsp3) is 0.174. The maximum atomic E-state index is 12.6. The van der Waals surface area contributed by atoms with Crippen molar-refractivity contribution in [2.45, 2.75) is 11.8 Å². The normalized spacial score (nSPS) is 11.2. The average molecular weight is 424 g/mol. The number of hydrogen-bond donors (Lipinski definition) is 1. The SMILES string of the molecule is CN(CCC(C(=O)O)(c1ccccc1)c1ccccc1)c1ccc(Br)cc1. The molecule has 0 fully saturated rings. The topological polar surface area (TPSA) is 40.5 Å². The van der Waals surface area contributed by atoms with Crippen LogP contribution in [0, 0.1) is 0 Å². The highest BCUT2D eigenvalue weighted by Gasteiger charge is 2.42. The molecule has 0 aliphatic carbocycles. The summed E-state index contributed by atoms with van der Waals surface area (Å²) in [6.45, 7) is 0.609. The number of aliphatic carboxylic acids is 1. The van der Waals surface area contributed by atoms with Gasteiger partial charge in [-0.05, 0) is 41.8 Å². The van der Waals surface area contributed by atoms with E-state index in [0.717, 1.165) is 21.3 Å². The van der Waals surface area contributed by atoms with E-state index in [2.05, 4.69) is 20.8 Å². The van der Waals surface area contributed by atoms with Crippen molar-refractivity contribution in [1.29, 1.82) is 0 Å². The molecule has 0 unspecified atom stereocenters. The Hall–Kier alpha value is -2.59. The van der Waals surface area contributed by atoms with Crippen LogP contribution < -0.4 is 4.90 Å². The number of carboxylic acids is 1. The molecule has 0 saturated carbocycles. The summed E-state index contributed by atoms with van der Waals surface area (Å²) in [7, 11) is 1.99. The monoisotopic (exact) mass is 423 g/mol. The van der Waals surface area contributed by atoms with E-state index < -0.39 is 11.4 Å². The zero-order chi connectivity index (χ0) is 19.3. The van der Waals surface area contributed by atoms with Gasteiger partial charge in [-0.15, -0.1) is 0 Å². The van der Waals surface area contributed by atoms with E-state index in [1.165, 1.54) is 0 Å². The van der Waals surface area contributed by atoms with E-state index in [4.69, 9.17) is 0 Å². The van der Waals surface area contributed by atoms with Gasteiger partial charge < -0.3 is 10.0 Å². The minimum Gasteiger partial charge on any atom is -0.480 e. The second kappa shape index (κ2) is 8.40. The lowest BCUT2D eigenvalue weighted by atomic mass is 9.72. The predicted octanol–water partition coefficient (Wildman–Crippen LogP) is 5.35. The summed E-state index contributed by atoms with van der Waals surface area (Å²) in [5.41, 5.74) is 1.56. The van der Waals surface area contributed by atoms with E-state index in [1.807, 2.05) is 92.0 Å². The lowest BCUT2D eigenvalue weighted by Gasteiger charge is -2.33. The highest BCUT2D eigenvalue weighted by Crippen LogP contribution is 2.36. The van der Waals surface area contributed by atoms with Crippen LogP contribution in [0.2, 0.25) is 0 Å². The standard InChI is InChI=1S/C23H22BrNO2/c1-25(21-14-12-20(24)13-15-21)17-16-23(22(26)27,18-8-4-2-5-9-18)19-10-6-3-7-11-19/h2-15H,16-17H2,1H3,(H,26,27). The molecule has 3 aromatic carbocycles. The van der Waals surface area contributed by atoms with Crippen LogP contribution in [-0.2, 0) is 10.2 Å². The molecule has 0 aliphatic heterocycles. The Morgan fingerprint density at radius 2 is 1.37 bits per heavy atom. The fourth-order valence-corrected chi connectivity index (χ4v) is 3.68. The predicted molar refractivity (Wildman–Crippen MR) is 113 cm³/mol. The van der Waals surface area contributed by atoms with Crippen molar-refractivity contribution in [3.8, 4) is 0 Å². The number of anilines is 1.